The standard InChI is InChI=1S/C31H31N5O6/c37-28(38)17-16-22-11-4-5-12-23(22)35-29(39)26(15-8-18-32-31(41)42-20-21-9-2-1-3-10-21)36-30(40)27-19-33-24-13-6-7-14-25(24)34-27/h1-7,9-14,19,26H,8,15-18,20H2,(H,32,41)(H,35,39)(H,36,40)(H,37,38)/t26-/m0/s1. The van der Waals surface area contributed by atoms with Crippen molar-refractivity contribution in [2.75, 3.05) is 11.9 Å². The minimum Gasteiger partial charge on any atom is -0.481 e. The van der Waals surface area contributed by atoms with Gasteiger partial charge in [0.05, 0.1) is 17.2 Å². The molecule has 42 heavy (non-hydrogen) atoms. The van der Waals surface area contributed by atoms with E-state index >= 15 is 0 Å². The van der Waals surface area contributed by atoms with Crippen LogP contribution in [0.3, 0.4) is 0 Å². The molecule has 4 aromatic rings. The van der Waals surface area contributed by atoms with Gasteiger partial charge in [0.2, 0.25) is 5.91 Å². The van der Waals surface area contributed by atoms with Crippen LogP contribution in [0.1, 0.15) is 40.9 Å². The molecule has 0 aliphatic rings. The number of aromatic nitrogens is 2. The molecule has 0 aliphatic carbocycles. The van der Waals surface area contributed by atoms with Crippen LogP contribution in [0.2, 0.25) is 0 Å². The third kappa shape index (κ3) is 8.85. The maximum atomic E-state index is 13.4. The average molecular weight is 570 g/mol. The van der Waals surface area contributed by atoms with E-state index in [4.69, 9.17) is 9.84 Å². The molecule has 0 bridgehead atoms. The van der Waals surface area contributed by atoms with E-state index in [9.17, 15) is 19.2 Å². The number of carbonyl (C=O) groups excluding carboxylic acids is 3. The Balaban J connectivity index is 1.40. The van der Waals surface area contributed by atoms with E-state index in [1.165, 1.54) is 6.20 Å². The second kappa shape index (κ2) is 14.9. The first-order chi connectivity index (χ1) is 20.4. The topological polar surface area (TPSA) is 160 Å². The van der Waals surface area contributed by atoms with Gasteiger partial charge >= 0.3 is 12.1 Å². The molecule has 0 radical (unpaired) electrons. The highest BCUT2D eigenvalue weighted by molar-refractivity contribution is 6.01. The maximum absolute atomic E-state index is 13.4. The average Bonchev–Trinajstić information content (AvgIpc) is 3.01. The summed E-state index contributed by atoms with van der Waals surface area (Å²) in [6.45, 7) is 0.333. The van der Waals surface area contributed by atoms with Crippen molar-refractivity contribution in [3.05, 3.63) is 102 Å². The van der Waals surface area contributed by atoms with Gasteiger partial charge in [-0.15, -0.1) is 0 Å². The smallest absolute Gasteiger partial charge is 0.407 e. The highest BCUT2D eigenvalue weighted by Gasteiger charge is 2.23. The van der Waals surface area contributed by atoms with E-state index in [1.807, 2.05) is 36.4 Å². The van der Waals surface area contributed by atoms with E-state index in [0.29, 0.717) is 28.7 Å². The van der Waals surface area contributed by atoms with E-state index < -0.39 is 29.9 Å². The summed E-state index contributed by atoms with van der Waals surface area (Å²) in [5.74, 6) is -2.03. The van der Waals surface area contributed by atoms with E-state index in [2.05, 4.69) is 25.9 Å². The van der Waals surface area contributed by atoms with Crippen LogP contribution in [-0.2, 0) is 27.4 Å². The summed E-state index contributed by atoms with van der Waals surface area (Å²) in [5, 5.41) is 17.3. The number of nitrogens with zero attached hydrogens (tertiary/aromatic N) is 2. The fourth-order valence-electron chi connectivity index (χ4n) is 4.16. The maximum Gasteiger partial charge on any atom is 0.407 e. The van der Waals surface area contributed by atoms with Crippen LogP contribution in [0, 0.1) is 0 Å². The number of amides is 3. The van der Waals surface area contributed by atoms with Gasteiger partial charge in [0.15, 0.2) is 0 Å². The van der Waals surface area contributed by atoms with Crippen LogP contribution in [0.5, 0.6) is 0 Å². The van der Waals surface area contributed by atoms with Crippen LogP contribution in [-0.4, -0.2) is 51.5 Å². The number of carbonyl (C=O) groups is 4. The van der Waals surface area contributed by atoms with Gasteiger partial charge in [0, 0.05) is 18.7 Å². The number of carboxylic acids is 1. The normalized spacial score (nSPS) is 11.3. The molecule has 1 heterocycles. The predicted molar refractivity (Wildman–Crippen MR) is 156 cm³/mol. The number of benzene rings is 3. The minimum absolute atomic E-state index is 0.0518. The monoisotopic (exact) mass is 569 g/mol. The Morgan fingerprint density at radius 2 is 1.60 bits per heavy atom. The highest BCUT2D eigenvalue weighted by atomic mass is 16.5. The van der Waals surface area contributed by atoms with E-state index in [-0.39, 0.29) is 38.1 Å². The van der Waals surface area contributed by atoms with Crippen LogP contribution in [0.15, 0.2) is 85.1 Å². The van der Waals surface area contributed by atoms with Crippen molar-refractivity contribution in [3.8, 4) is 0 Å². The molecule has 0 spiro atoms. The Morgan fingerprint density at radius 3 is 2.38 bits per heavy atom. The van der Waals surface area contributed by atoms with Gasteiger partial charge in [-0.3, -0.25) is 19.4 Å². The predicted octanol–water partition coefficient (Wildman–Crippen LogP) is 4.09. The number of hydrogen-bond acceptors (Lipinski definition) is 7. The molecule has 0 saturated carbocycles. The molecule has 0 fully saturated rings. The molecule has 0 aliphatic heterocycles. The van der Waals surface area contributed by atoms with E-state index in [0.717, 1.165) is 5.56 Å². The number of ether oxygens (including phenoxy) is 1. The van der Waals surface area contributed by atoms with Gasteiger partial charge in [-0.05, 0) is 48.6 Å². The lowest BCUT2D eigenvalue weighted by molar-refractivity contribution is -0.137. The molecule has 1 atom stereocenters. The van der Waals surface area contributed by atoms with Crippen molar-refractivity contribution in [1.82, 2.24) is 20.6 Å². The quantitative estimate of drug-likeness (QED) is 0.175. The lowest BCUT2D eigenvalue weighted by Crippen LogP contribution is -2.44. The van der Waals surface area contributed by atoms with Crippen molar-refractivity contribution in [1.29, 1.82) is 0 Å². The first-order valence-corrected chi connectivity index (χ1v) is 13.5. The largest absolute Gasteiger partial charge is 0.481 e. The molecule has 4 N–H and O–H groups in total. The molecular formula is C31H31N5O6. The Labute approximate surface area is 242 Å². The number of para-hydroxylation sites is 3. The summed E-state index contributed by atoms with van der Waals surface area (Å²) < 4.78 is 5.22. The Morgan fingerprint density at radius 1 is 0.881 bits per heavy atom. The fraction of sp³-hybridized carbons (Fsp3) is 0.226. The SMILES string of the molecule is O=C(O)CCc1ccccc1NC(=O)[C@H](CCCNC(=O)OCc1ccccc1)NC(=O)c1cnc2ccccc2n1. The summed E-state index contributed by atoms with van der Waals surface area (Å²) >= 11 is 0. The number of aliphatic carboxylic acids is 1. The number of hydrogen-bond donors (Lipinski definition) is 4. The molecule has 216 valence electrons. The number of alkyl carbamates (subject to hydrolysis) is 1. The first-order valence-electron chi connectivity index (χ1n) is 13.5. The molecule has 0 saturated heterocycles. The summed E-state index contributed by atoms with van der Waals surface area (Å²) in [6, 6.07) is 22.3. The van der Waals surface area contributed by atoms with Crippen LogP contribution < -0.4 is 16.0 Å². The molecular weight excluding hydrogens is 538 g/mol. The van der Waals surface area contributed by atoms with Crippen molar-refractivity contribution in [2.45, 2.75) is 38.3 Å². The number of rotatable bonds is 13. The molecule has 3 aromatic carbocycles. The second-order valence-electron chi connectivity index (χ2n) is 9.44. The summed E-state index contributed by atoms with van der Waals surface area (Å²) in [5.41, 5.74) is 3.18. The van der Waals surface area contributed by atoms with Crippen LogP contribution >= 0.6 is 0 Å². The second-order valence-corrected chi connectivity index (χ2v) is 9.44. The lowest BCUT2D eigenvalue weighted by atomic mass is 10.1. The molecule has 3 amide bonds. The van der Waals surface area contributed by atoms with Crippen molar-refractivity contribution in [3.63, 3.8) is 0 Å². The molecule has 1 aromatic heterocycles. The van der Waals surface area contributed by atoms with Gasteiger partial charge in [-0.1, -0.05) is 60.7 Å². The van der Waals surface area contributed by atoms with Crippen molar-refractivity contribution in [2.24, 2.45) is 0 Å². The molecule has 11 heteroatoms. The highest BCUT2D eigenvalue weighted by Crippen LogP contribution is 2.18. The Kier molecular flexibility index (Phi) is 10.5. The van der Waals surface area contributed by atoms with Crippen LogP contribution in [0.4, 0.5) is 10.5 Å². The zero-order valence-corrected chi connectivity index (χ0v) is 22.8. The lowest BCUT2D eigenvalue weighted by Gasteiger charge is -2.20. The Hall–Kier alpha value is -5.32. The van der Waals surface area contributed by atoms with Gasteiger partial charge < -0.3 is 25.8 Å². The van der Waals surface area contributed by atoms with E-state index in [1.54, 1.807) is 42.5 Å². The first kappa shape index (κ1) is 29.7. The molecule has 4 rings (SSSR count). The summed E-state index contributed by atoms with van der Waals surface area (Å²) in [6.07, 6.45) is 1.42. The zero-order valence-electron chi connectivity index (χ0n) is 22.8. The van der Waals surface area contributed by atoms with Gasteiger partial charge in [-0.25, -0.2) is 9.78 Å². The van der Waals surface area contributed by atoms with Crippen molar-refractivity contribution < 1.29 is 29.0 Å². The third-order valence-electron chi connectivity index (χ3n) is 6.34. The number of fused-ring (bicyclic) bond motifs is 1. The minimum atomic E-state index is -0.986. The van der Waals surface area contributed by atoms with Gasteiger partial charge in [0.1, 0.15) is 18.3 Å². The molecule has 11 nitrogen and oxygen atoms in total. The fourth-order valence-corrected chi connectivity index (χ4v) is 4.16. The summed E-state index contributed by atoms with van der Waals surface area (Å²) in [4.78, 5) is 58.3. The van der Waals surface area contributed by atoms with Crippen molar-refractivity contribution >= 4 is 40.6 Å². The zero-order chi connectivity index (χ0) is 29.7. The molecule has 0 unspecified atom stereocenters. The number of carboxylic acid groups (broad SMARTS) is 1. The number of anilines is 1. The summed E-state index contributed by atoms with van der Waals surface area (Å²) in [7, 11) is 0. The van der Waals surface area contributed by atoms with Crippen LogP contribution in [0.25, 0.3) is 11.0 Å². The number of nitrogens with one attached hydrogen (secondary N) is 3. The number of aryl methyl sites for hydroxylation is 1. The Bertz CT molecular complexity index is 1550. The van der Waals surface area contributed by atoms with Gasteiger partial charge in [0.25, 0.3) is 5.91 Å². The van der Waals surface area contributed by atoms with Gasteiger partial charge in [-0.2, -0.15) is 0 Å². The third-order valence-corrected chi connectivity index (χ3v) is 6.34.